The van der Waals surface area contributed by atoms with E-state index >= 15 is 0 Å². The first-order chi connectivity index (χ1) is 12.8. The summed E-state index contributed by atoms with van der Waals surface area (Å²) in [6.07, 6.45) is -2.94. The van der Waals surface area contributed by atoms with E-state index < -0.39 is 17.6 Å². The monoisotopic (exact) mass is 380 g/mol. The fraction of sp³-hybridized carbons (Fsp3) is 0.350. The third-order valence-electron chi connectivity index (χ3n) is 4.90. The molecule has 1 saturated heterocycles. The summed E-state index contributed by atoms with van der Waals surface area (Å²) >= 11 is 0. The number of piperidine rings is 1. The molecule has 1 N–H and O–H groups in total. The minimum absolute atomic E-state index is 0.0808. The molecule has 1 aliphatic heterocycles. The van der Waals surface area contributed by atoms with Crippen molar-refractivity contribution in [3.8, 4) is 11.1 Å². The molecule has 0 aromatic heterocycles. The van der Waals surface area contributed by atoms with Gasteiger partial charge in [-0.05, 0) is 55.3 Å². The number of amides is 1. The van der Waals surface area contributed by atoms with E-state index in [2.05, 4.69) is 5.32 Å². The summed E-state index contributed by atoms with van der Waals surface area (Å²) in [7, 11) is 1.86. The first-order valence-electron chi connectivity index (χ1n) is 8.73. The number of hydrogen-bond acceptors (Lipinski definition) is 2. The van der Waals surface area contributed by atoms with Gasteiger partial charge in [0.15, 0.2) is 0 Å². The molecule has 1 fully saturated rings. The van der Waals surface area contributed by atoms with E-state index in [1.165, 1.54) is 18.2 Å². The fourth-order valence-corrected chi connectivity index (χ4v) is 3.35. The number of benzene rings is 2. The molecule has 3 rings (SSSR count). The lowest BCUT2D eigenvalue weighted by Gasteiger charge is -2.32. The summed E-state index contributed by atoms with van der Waals surface area (Å²) in [4.78, 5) is 14.6. The zero-order valence-corrected chi connectivity index (χ0v) is 14.8. The quantitative estimate of drug-likeness (QED) is 0.804. The predicted octanol–water partition coefficient (Wildman–Crippen LogP) is 4.34. The maximum absolute atomic E-state index is 13.8. The largest absolute Gasteiger partial charge is 0.416 e. The van der Waals surface area contributed by atoms with Gasteiger partial charge < -0.3 is 10.2 Å². The Morgan fingerprint density at radius 1 is 1.11 bits per heavy atom. The van der Waals surface area contributed by atoms with E-state index in [4.69, 9.17) is 0 Å². The molecule has 2 aromatic carbocycles. The van der Waals surface area contributed by atoms with Crippen molar-refractivity contribution in [1.29, 1.82) is 0 Å². The van der Waals surface area contributed by atoms with Gasteiger partial charge in [-0.1, -0.05) is 18.2 Å². The zero-order valence-electron chi connectivity index (χ0n) is 14.8. The number of halogens is 4. The molecule has 0 radical (unpaired) electrons. The van der Waals surface area contributed by atoms with E-state index in [0.29, 0.717) is 24.7 Å². The van der Waals surface area contributed by atoms with Crippen molar-refractivity contribution >= 4 is 5.91 Å². The molecule has 0 saturated carbocycles. The van der Waals surface area contributed by atoms with Crippen LogP contribution < -0.4 is 5.32 Å². The number of carbonyl (C=O) groups is 1. The third-order valence-corrected chi connectivity index (χ3v) is 4.90. The van der Waals surface area contributed by atoms with Crippen LogP contribution >= 0.6 is 0 Å². The normalized spacial score (nSPS) is 15.8. The van der Waals surface area contributed by atoms with Crippen LogP contribution in [0.15, 0.2) is 42.5 Å². The summed E-state index contributed by atoms with van der Waals surface area (Å²) in [6, 6.07) is 8.67. The number of nitrogens with zero attached hydrogens (tertiary/aromatic N) is 1. The molecular formula is C20H20F4N2O. The highest BCUT2D eigenvalue weighted by molar-refractivity contribution is 6.01. The minimum Gasteiger partial charge on any atom is -0.339 e. The molecule has 27 heavy (non-hydrogen) atoms. The van der Waals surface area contributed by atoms with Crippen LogP contribution in [0, 0.1) is 5.82 Å². The molecule has 1 heterocycles. The zero-order chi connectivity index (χ0) is 19.6. The molecule has 0 spiro atoms. The second kappa shape index (κ2) is 7.68. The third kappa shape index (κ3) is 4.30. The Hall–Kier alpha value is -2.41. The average Bonchev–Trinajstić information content (AvgIpc) is 2.67. The molecule has 2 aromatic rings. The van der Waals surface area contributed by atoms with E-state index in [0.717, 1.165) is 37.1 Å². The van der Waals surface area contributed by atoms with E-state index in [1.807, 2.05) is 7.05 Å². The lowest BCUT2D eigenvalue weighted by molar-refractivity contribution is -0.137. The van der Waals surface area contributed by atoms with Crippen LogP contribution in [0.5, 0.6) is 0 Å². The van der Waals surface area contributed by atoms with Gasteiger partial charge in [-0.2, -0.15) is 13.2 Å². The number of alkyl halides is 3. The molecule has 144 valence electrons. The Labute approximate surface area is 155 Å². The van der Waals surface area contributed by atoms with Crippen molar-refractivity contribution < 1.29 is 22.4 Å². The van der Waals surface area contributed by atoms with Gasteiger partial charge in [0.25, 0.3) is 5.91 Å². The SMILES string of the molecule is CNC1CCN(C(=O)c2cc(F)ccc2-c2cccc(C(F)(F)F)c2)CC1. The standard InChI is InChI=1S/C20H20F4N2O/c1-25-16-7-9-26(10-8-16)19(27)18-12-15(21)5-6-17(18)13-3-2-4-14(11-13)20(22,23)24/h2-6,11-12,16,25H,7-10H2,1H3. The lowest BCUT2D eigenvalue weighted by atomic mass is 9.96. The van der Waals surface area contributed by atoms with Crippen molar-refractivity contribution in [2.75, 3.05) is 20.1 Å². The van der Waals surface area contributed by atoms with E-state index in [-0.39, 0.29) is 17.0 Å². The van der Waals surface area contributed by atoms with Crippen LogP contribution in [0.4, 0.5) is 17.6 Å². The summed E-state index contributed by atoms with van der Waals surface area (Å²) in [6.45, 7) is 1.03. The molecule has 3 nitrogen and oxygen atoms in total. The van der Waals surface area contributed by atoms with Crippen molar-refractivity contribution in [2.45, 2.75) is 25.1 Å². The Morgan fingerprint density at radius 3 is 2.44 bits per heavy atom. The molecule has 7 heteroatoms. The van der Waals surface area contributed by atoms with Crippen LogP contribution in [-0.2, 0) is 6.18 Å². The number of rotatable bonds is 3. The molecule has 0 atom stereocenters. The topological polar surface area (TPSA) is 32.3 Å². The van der Waals surface area contributed by atoms with Gasteiger partial charge in [0.05, 0.1) is 11.1 Å². The Morgan fingerprint density at radius 2 is 1.81 bits per heavy atom. The Balaban J connectivity index is 1.96. The smallest absolute Gasteiger partial charge is 0.339 e. The maximum Gasteiger partial charge on any atom is 0.416 e. The van der Waals surface area contributed by atoms with Crippen LogP contribution in [0.2, 0.25) is 0 Å². The minimum atomic E-state index is -4.49. The van der Waals surface area contributed by atoms with E-state index in [1.54, 1.807) is 4.90 Å². The highest BCUT2D eigenvalue weighted by Gasteiger charge is 2.31. The Bertz CT molecular complexity index is 827. The lowest BCUT2D eigenvalue weighted by Crippen LogP contribution is -2.44. The molecule has 1 aliphatic rings. The second-order valence-electron chi connectivity index (χ2n) is 6.62. The Kier molecular flexibility index (Phi) is 5.51. The summed E-state index contributed by atoms with van der Waals surface area (Å²) in [5.74, 6) is -0.962. The van der Waals surface area contributed by atoms with Crippen LogP contribution in [-0.4, -0.2) is 37.0 Å². The van der Waals surface area contributed by atoms with Crippen LogP contribution in [0.1, 0.15) is 28.8 Å². The summed E-state index contributed by atoms with van der Waals surface area (Å²) < 4.78 is 52.9. The molecule has 0 bridgehead atoms. The van der Waals surface area contributed by atoms with Gasteiger partial charge in [0.1, 0.15) is 5.82 Å². The average molecular weight is 380 g/mol. The number of carbonyl (C=O) groups excluding carboxylic acids is 1. The number of nitrogens with one attached hydrogen (secondary N) is 1. The maximum atomic E-state index is 13.8. The van der Waals surface area contributed by atoms with Gasteiger partial charge in [-0.25, -0.2) is 4.39 Å². The fourth-order valence-electron chi connectivity index (χ4n) is 3.35. The van der Waals surface area contributed by atoms with E-state index in [9.17, 15) is 22.4 Å². The highest BCUT2D eigenvalue weighted by atomic mass is 19.4. The predicted molar refractivity (Wildman–Crippen MR) is 94.8 cm³/mol. The summed E-state index contributed by atoms with van der Waals surface area (Å²) in [5, 5.41) is 3.17. The first kappa shape index (κ1) is 19.4. The van der Waals surface area contributed by atoms with Crippen molar-refractivity contribution in [1.82, 2.24) is 10.2 Å². The van der Waals surface area contributed by atoms with Gasteiger partial charge >= 0.3 is 6.18 Å². The number of hydrogen-bond donors (Lipinski definition) is 1. The van der Waals surface area contributed by atoms with Crippen molar-refractivity contribution in [2.24, 2.45) is 0 Å². The van der Waals surface area contributed by atoms with Gasteiger partial charge in [0.2, 0.25) is 0 Å². The molecule has 0 unspecified atom stereocenters. The second-order valence-corrected chi connectivity index (χ2v) is 6.62. The molecule has 1 amide bonds. The van der Waals surface area contributed by atoms with Crippen LogP contribution in [0.25, 0.3) is 11.1 Å². The van der Waals surface area contributed by atoms with Gasteiger partial charge in [-0.15, -0.1) is 0 Å². The van der Waals surface area contributed by atoms with Crippen molar-refractivity contribution in [3.63, 3.8) is 0 Å². The van der Waals surface area contributed by atoms with Crippen molar-refractivity contribution in [3.05, 3.63) is 59.4 Å². The molecular weight excluding hydrogens is 360 g/mol. The van der Waals surface area contributed by atoms with Gasteiger partial charge in [0, 0.05) is 19.1 Å². The summed E-state index contributed by atoms with van der Waals surface area (Å²) in [5.41, 5.74) is -0.198. The van der Waals surface area contributed by atoms with Gasteiger partial charge in [-0.3, -0.25) is 4.79 Å². The molecule has 0 aliphatic carbocycles. The highest BCUT2D eigenvalue weighted by Crippen LogP contribution is 2.34. The number of likely N-dealkylation sites (tertiary alicyclic amines) is 1. The van der Waals surface area contributed by atoms with Crippen LogP contribution in [0.3, 0.4) is 0 Å². The first-order valence-corrected chi connectivity index (χ1v) is 8.73.